The van der Waals surface area contributed by atoms with Gasteiger partial charge in [0.05, 0.1) is 6.54 Å². The van der Waals surface area contributed by atoms with Gasteiger partial charge >= 0.3 is 0 Å². The fourth-order valence-corrected chi connectivity index (χ4v) is 4.93. The van der Waals surface area contributed by atoms with E-state index in [2.05, 4.69) is 21.2 Å². The molecule has 1 aliphatic rings. The first-order valence-electron chi connectivity index (χ1n) is 10.9. The number of rotatable bonds is 5. The summed E-state index contributed by atoms with van der Waals surface area (Å²) in [5.41, 5.74) is 2.48. The maximum Gasteiger partial charge on any atom is 0.271 e. The normalized spacial score (nSPS) is 17.8. The molecule has 3 aromatic carbocycles. The number of nitrogens with zero attached hydrogens (tertiary/aromatic N) is 2. The van der Waals surface area contributed by atoms with Crippen molar-refractivity contribution < 1.29 is 9.59 Å². The third-order valence-electron chi connectivity index (χ3n) is 6.41. The van der Waals surface area contributed by atoms with Gasteiger partial charge in [-0.2, -0.15) is 0 Å². The first kappa shape index (κ1) is 21.5. The minimum Gasteiger partial charge on any atom is -0.350 e. The number of hydrogen-bond acceptors (Lipinski definition) is 2. The van der Waals surface area contributed by atoms with Crippen LogP contribution in [0.15, 0.2) is 89.4 Å². The van der Waals surface area contributed by atoms with Crippen molar-refractivity contribution in [3.63, 3.8) is 0 Å². The summed E-state index contributed by atoms with van der Waals surface area (Å²) in [6.07, 6.45) is 0. The molecule has 5 rings (SSSR count). The fraction of sp³-hybridized carbons (Fsp3) is 0.185. The van der Waals surface area contributed by atoms with Gasteiger partial charge in [0.15, 0.2) is 0 Å². The van der Waals surface area contributed by atoms with E-state index in [1.165, 1.54) is 0 Å². The van der Waals surface area contributed by atoms with Crippen molar-refractivity contribution in [2.45, 2.75) is 32.1 Å². The molecule has 166 valence electrons. The average Bonchev–Trinajstić information content (AvgIpc) is 3.20. The minimum absolute atomic E-state index is 0.148. The Hall–Kier alpha value is -3.38. The van der Waals surface area contributed by atoms with E-state index in [0.29, 0.717) is 25.3 Å². The third kappa shape index (κ3) is 3.85. The van der Waals surface area contributed by atoms with Crippen LogP contribution in [-0.4, -0.2) is 26.8 Å². The smallest absolute Gasteiger partial charge is 0.271 e. The van der Waals surface area contributed by atoms with Crippen molar-refractivity contribution in [1.82, 2.24) is 14.8 Å². The van der Waals surface area contributed by atoms with Gasteiger partial charge in [-0.1, -0.05) is 82.7 Å². The maximum absolute atomic E-state index is 13.8. The zero-order chi connectivity index (χ0) is 23.0. The number of hydrogen-bond donors (Lipinski definition) is 1. The summed E-state index contributed by atoms with van der Waals surface area (Å²) in [4.78, 5) is 29.2. The van der Waals surface area contributed by atoms with Gasteiger partial charge in [0.2, 0.25) is 5.91 Å². The Morgan fingerprint density at radius 2 is 1.70 bits per heavy atom. The second kappa shape index (κ2) is 8.52. The summed E-state index contributed by atoms with van der Waals surface area (Å²) in [7, 11) is 0. The van der Waals surface area contributed by atoms with Crippen molar-refractivity contribution in [3.8, 4) is 0 Å². The highest BCUT2D eigenvalue weighted by atomic mass is 79.9. The molecule has 0 saturated heterocycles. The molecule has 1 aromatic heterocycles. The second-order valence-corrected chi connectivity index (χ2v) is 9.45. The predicted molar refractivity (Wildman–Crippen MR) is 133 cm³/mol. The van der Waals surface area contributed by atoms with E-state index in [-0.39, 0.29) is 11.8 Å². The summed E-state index contributed by atoms with van der Waals surface area (Å²) >= 11 is 3.60. The van der Waals surface area contributed by atoms with Gasteiger partial charge < -0.3 is 14.8 Å². The Morgan fingerprint density at radius 1 is 1.00 bits per heavy atom. The van der Waals surface area contributed by atoms with Gasteiger partial charge in [-0.15, -0.1) is 0 Å². The van der Waals surface area contributed by atoms with Crippen molar-refractivity contribution in [3.05, 3.63) is 106 Å². The Kier molecular flexibility index (Phi) is 5.54. The molecule has 2 heterocycles. The first-order valence-corrected chi connectivity index (χ1v) is 11.7. The van der Waals surface area contributed by atoms with E-state index >= 15 is 0 Å². The summed E-state index contributed by atoms with van der Waals surface area (Å²) in [6, 6.07) is 27.5. The number of nitrogens with one attached hydrogen (secondary N) is 1. The lowest BCUT2D eigenvalue weighted by molar-refractivity contribution is -0.133. The molecule has 0 bridgehead atoms. The van der Waals surface area contributed by atoms with E-state index in [1.807, 2.05) is 96.4 Å². The van der Waals surface area contributed by atoms with Crippen LogP contribution in [0, 0.1) is 0 Å². The largest absolute Gasteiger partial charge is 0.350 e. The van der Waals surface area contributed by atoms with Crippen LogP contribution in [0.3, 0.4) is 0 Å². The van der Waals surface area contributed by atoms with Crippen LogP contribution >= 0.6 is 15.9 Å². The van der Waals surface area contributed by atoms with E-state index in [1.54, 1.807) is 4.90 Å². The zero-order valence-electron chi connectivity index (χ0n) is 18.3. The quantitative estimate of drug-likeness (QED) is 0.411. The number of benzene rings is 3. The van der Waals surface area contributed by atoms with Gasteiger partial charge in [0.25, 0.3) is 5.91 Å². The van der Waals surface area contributed by atoms with Gasteiger partial charge in [-0.25, -0.2) is 0 Å². The molecule has 6 heteroatoms. The van der Waals surface area contributed by atoms with Gasteiger partial charge in [-0.05, 0) is 36.2 Å². The first-order chi connectivity index (χ1) is 16.0. The molecular weight excluding hydrogens is 478 g/mol. The second-order valence-electron chi connectivity index (χ2n) is 8.60. The number of carbonyl (C=O) groups excluding carboxylic acids is 2. The lowest BCUT2D eigenvalue weighted by atomic mass is 9.93. The molecule has 0 saturated carbocycles. The molecule has 1 N–H and O–H groups in total. The van der Waals surface area contributed by atoms with Crippen LogP contribution < -0.4 is 5.32 Å². The van der Waals surface area contributed by atoms with Gasteiger partial charge in [0, 0.05) is 28.5 Å². The lowest BCUT2D eigenvalue weighted by Crippen LogP contribution is -2.63. The van der Waals surface area contributed by atoms with Crippen LogP contribution in [-0.2, 0) is 24.4 Å². The molecular formula is C27H24BrN3O2. The Bertz CT molecular complexity index is 1350. The van der Waals surface area contributed by atoms with Crippen LogP contribution in [0.2, 0.25) is 0 Å². The van der Waals surface area contributed by atoms with E-state index < -0.39 is 5.54 Å². The van der Waals surface area contributed by atoms with Crippen LogP contribution in [0.5, 0.6) is 0 Å². The standard InChI is InChI=1S/C27H24BrN3O2/c1-27(26(33)29-16-19-9-3-2-4-10-19)18-30-23-14-8-6-11-20(23)15-24(30)25(32)31(27)17-21-12-5-7-13-22(21)28/h2-15H,16-18H2,1H3,(H,29,33)/t27-/m1/s1. The molecule has 5 nitrogen and oxygen atoms in total. The van der Waals surface area contributed by atoms with Gasteiger partial charge in [-0.3, -0.25) is 9.59 Å². The maximum atomic E-state index is 13.8. The van der Waals surface area contributed by atoms with E-state index in [9.17, 15) is 9.59 Å². The average molecular weight is 502 g/mol. The SMILES string of the molecule is C[C@]1(C(=O)NCc2ccccc2)Cn2c(cc3ccccc32)C(=O)N1Cc1ccccc1Br. The number of amides is 2. The highest BCUT2D eigenvalue weighted by Gasteiger charge is 2.47. The van der Waals surface area contributed by atoms with Crippen molar-refractivity contribution in [1.29, 1.82) is 0 Å². The number of halogens is 1. The third-order valence-corrected chi connectivity index (χ3v) is 7.18. The molecule has 0 aliphatic carbocycles. The monoisotopic (exact) mass is 501 g/mol. The summed E-state index contributed by atoms with van der Waals surface area (Å²) < 4.78 is 2.90. The molecule has 33 heavy (non-hydrogen) atoms. The number of para-hydroxylation sites is 1. The highest BCUT2D eigenvalue weighted by Crippen LogP contribution is 2.34. The van der Waals surface area contributed by atoms with E-state index in [4.69, 9.17) is 0 Å². The fourth-order valence-electron chi connectivity index (χ4n) is 4.52. The lowest BCUT2D eigenvalue weighted by Gasteiger charge is -2.44. The molecule has 0 radical (unpaired) electrons. The Labute approximate surface area is 201 Å². The summed E-state index contributed by atoms with van der Waals surface area (Å²) in [5, 5.41) is 4.07. The Balaban J connectivity index is 1.55. The molecule has 1 aliphatic heterocycles. The molecule has 2 amide bonds. The van der Waals surface area contributed by atoms with Gasteiger partial charge in [0.1, 0.15) is 11.2 Å². The summed E-state index contributed by atoms with van der Waals surface area (Å²) in [5.74, 6) is -0.319. The molecule has 4 aromatic rings. The molecule has 0 spiro atoms. The number of fused-ring (bicyclic) bond motifs is 3. The topological polar surface area (TPSA) is 54.3 Å². The van der Waals surface area contributed by atoms with Crippen LogP contribution in [0.4, 0.5) is 0 Å². The van der Waals surface area contributed by atoms with Crippen molar-refractivity contribution in [2.24, 2.45) is 0 Å². The highest BCUT2D eigenvalue weighted by molar-refractivity contribution is 9.10. The summed E-state index contributed by atoms with van der Waals surface area (Å²) in [6.45, 7) is 2.98. The van der Waals surface area contributed by atoms with Crippen LogP contribution in [0.25, 0.3) is 10.9 Å². The van der Waals surface area contributed by atoms with Crippen molar-refractivity contribution >= 4 is 38.6 Å². The number of carbonyl (C=O) groups is 2. The predicted octanol–water partition coefficient (Wildman–Crippen LogP) is 5.13. The zero-order valence-corrected chi connectivity index (χ0v) is 19.9. The number of aromatic nitrogens is 1. The van der Waals surface area contributed by atoms with E-state index in [0.717, 1.165) is 26.5 Å². The van der Waals surface area contributed by atoms with Crippen LogP contribution in [0.1, 0.15) is 28.5 Å². The molecule has 1 atom stereocenters. The van der Waals surface area contributed by atoms with Crippen molar-refractivity contribution in [2.75, 3.05) is 0 Å². The molecule has 0 fully saturated rings. The Morgan fingerprint density at radius 3 is 2.48 bits per heavy atom. The minimum atomic E-state index is -1.06. The molecule has 0 unspecified atom stereocenters.